The van der Waals surface area contributed by atoms with Crippen molar-refractivity contribution in [2.75, 3.05) is 7.11 Å². The third-order valence-corrected chi connectivity index (χ3v) is 3.09. The molecule has 2 N–H and O–H groups in total. The number of nitrogens with one attached hydrogen (secondary N) is 1. The molecule has 1 aromatic rings. The van der Waals surface area contributed by atoms with Crippen LogP contribution in [0.1, 0.15) is 25.5 Å². The summed E-state index contributed by atoms with van der Waals surface area (Å²) in [4.78, 5) is 22.9. The van der Waals surface area contributed by atoms with E-state index in [1.54, 1.807) is 26.0 Å². The molecule has 0 aliphatic rings. The van der Waals surface area contributed by atoms with E-state index in [9.17, 15) is 9.59 Å². The van der Waals surface area contributed by atoms with Crippen molar-refractivity contribution in [1.82, 2.24) is 5.32 Å². The highest BCUT2D eigenvalue weighted by Crippen LogP contribution is 2.17. The van der Waals surface area contributed by atoms with Crippen molar-refractivity contribution in [2.45, 2.75) is 26.0 Å². The minimum Gasteiger partial charge on any atom is -0.481 e. The number of hydrogen-bond acceptors (Lipinski definition) is 3. The topological polar surface area (TPSA) is 75.6 Å². The Morgan fingerprint density at radius 3 is 2.26 bits per heavy atom. The van der Waals surface area contributed by atoms with Crippen molar-refractivity contribution in [3.8, 4) is 0 Å². The normalized spacial score (nSPS) is 15.3. The second-order valence-corrected chi connectivity index (χ2v) is 4.45. The molecule has 0 aromatic heterocycles. The van der Waals surface area contributed by atoms with Crippen LogP contribution in [0.5, 0.6) is 0 Å². The summed E-state index contributed by atoms with van der Waals surface area (Å²) in [6.45, 7) is 3.21. The van der Waals surface area contributed by atoms with Crippen LogP contribution in [0.15, 0.2) is 30.3 Å². The summed E-state index contributed by atoms with van der Waals surface area (Å²) in [6.07, 6.45) is -0.732. The zero-order valence-electron chi connectivity index (χ0n) is 11.3. The van der Waals surface area contributed by atoms with E-state index in [4.69, 9.17) is 9.84 Å². The van der Waals surface area contributed by atoms with E-state index in [0.717, 1.165) is 5.56 Å². The predicted octanol–water partition coefficient (Wildman–Crippen LogP) is 1.60. The summed E-state index contributed by atoms with van der Waals surface area (Å²) < 4.78 is 5.18. The highest BCUT2D eigenvalue weighted by molar-refractivity contribution is 5.83. The number of carboxylic acid groups (broad SMARTS) is 1. The molecule has 0 spiro atoms. The van der Waals surface area contributed by atoms with E-state index in [0.29, 0.717) is 0 Å². The van der Waals surface area contributed by atoms with E-state index in [1.165, 1.54) is 7.11 Å². The lowest BCUT2D eigenvalue weighted by Gasteiger charge is -2.21. The smallest absolute Gasteiger partial charge is 0.308 e. The number of aliphatic carboxylic acids is 1. The van der Waals surface area contributed by atoms with E-state index >= 15 is 0 Å². The van der Waals surface area contributed by atoms with Crippen molar-refractivity contribution in [3.63, 3.8) is 0 Å². The van der Waals surface area contributed by atoms with E-state index in [1.807, 2.05) is 18.2 Å². The molecule has 0 radical (unpaired) electrons. The molecule has 0 saturated carbocycles. The number of benzene rings is 1. The Bertz CT molecular complexity index is 432. The van der Waals surface area contributed by atoms with Gasteiger partial charge in [0.05, 0.1) is 5.92 Å². The minimum atomic E-state index is -0.943. The Hall–Kier alpha value is -1.88. The highest BCUT2D eigenvalue weighted by Gasteiger charge is 2.25. The molecule has 0 saturated heterocycles. The molecule has 1 aromatic carbocycles. The van der Waals surface area contributed by atoms with Crippen LogP contribution in [0.2, 0.25) is 0 Å². The first-order valence-electron chi connectivity index (χ1n) is 6.08. The Morgan fingerprint density at radius 1 is 1.21 bits per heavy atom. The number of methoxy groups -OCH3 is 1. The van der Waals surface area contributed by atoms with Gasteiger partial charge in [0.25, 0.3) is 5.91 Å². The molecule has 1 rings (SSSR count). The zero-order chi connectivity index (χ0) is 14.4. The Balaban J connectivity index is 2.73. The monoisotopic (exact) mass is 265 g/mol. The maximum absolute atomic E-state index is 12.1. The third-order valence-electron chi connectivity index (χ3n) is 3.09. The molecule has 19 heavy (non-hydrogen) atoms. The molecule has 0 aliphatic carbocycles. The molecular formula is C14H19NO4. The SMILES string of the molecule is COC(C(=O)NC(C)C(C)C(=O)O)c1ccccc1. The average molecular weight is 265 g/mol. The summed E-state index contributed by atoms with van der Waals surface area (Å²) in [5, 5.41) is 11.6. The molecule has 0 heterocycles. The molecule has 0 aliphatic heterocycles. The van der Waals surface area contributed by atoms with Gasteiger partial charge >= 0.3 is 5.97 Å². The number of rotatable bonds is 6. The van der Waals surface area contributed by atoms with Gasteiger partial charge in [-0.05, 0) is 19.4 Å². The molecule has 3 unspecified atom stereocenters. The van der Waals surface area contributed by atoms with Gasteiger partial charge in [0.15, 0.2) is 6.10 Å². The molecule has 0 bridgehead atoms. The Morgan fingerprint density at radius 2 is 1.79 bits per heavy atom. The van der Waals surface area contributed by atoms with Gasteiger partial charge in [0.1, 0.15) is 0 Å². The van der Waals surface area contributed by atoms with E-state index < -0.39 is 24.0 Å². The van der Waals surface area contributed by atoms with Crippen LogP contribution in [-0.2, 0) is 14.3 Å². The lowest BCUT2D eigenvalue weighted by atomic mass is 10.0. The standard InChI is InChI=1S/C14H19NO4/c1-9(14(17)18)10(2)15-13(16)12(19-3)11-7-5-4-6-8-11/h4-10,12H,1-3H3,(H,15,16)(H,17,18). The maximum atomic E-state index is 12.1. The molecular weight excluding hydrogens is 246 g/mol. The average Bonchev–Trinajstić information content (AvgIpc) is 2.39. The molecule has 3 atom stereocenters. The lowest BCUT2D eigenvalue weighted by Crippen LogP contribution is -2.42. The summed E-state index contributed by atoms with van der Waals surface area (Å²) >= 11 is 0. The quantitative estimate of drug-likeness (QED) is 0.819. The fourth-order valence-electron chi connectivity index (χ4n) is 1.66. The van der Waals surface area contributed by atoms with Gasteiger partial charge in [-0.1, -0.05) is 30.3 Å². The summed E-state index contributed by atoms with van der Waals surface area (Å²) in [5.74, 6) is -1.94. The molecule has 5 heteroatoms. The summed E-state index contributed by atoms with van der Waals surface area (Å²) in [5.41, 5.74) is 0.734. The largest absolute Gasteiger partial charge is 0.481 e. The zero-order valence-corrected chi connectivity index (χ0v) is 11.3. The molecule has 5 nitrogen and oxygen atoms in total. The van der Waals surface area contributed by atoms with Crippen molar-refractivity contribution in [1.29, 1.82) is 0 Å². The first kappa shape index (κ1) is 15.2. The van der Waals surface area contributed by atoms with Crippen molar-refractivity contribution >= 4 is 11.9 Å². The fourth-order valence-corrected chi connectivity index (χ4v) is 1.66. The second kappa shape index (κ2) is 6.89. The lowest BCUT2D eigenvalue weighted by molar-refractivity contribution is -0.142. The predicted molar refractivity (Wildman–Crippen MR) is 70.6 cm³/mol. The van der Waals surface area contributed by atoms with Crippen LogP contribution < -0.4 is 5.32 Å². The number of carbonyl (C=O) groups is 2. The first-order valence-corrected chi connectivity index (χ1v) is 6.08. The third kappa shape index (κ3) is 4.06. The number of ether oxygens (including phenoxy) is 1. The number of hydrogen-bond donors (Lipinski definition) is 2. The number of carboxylic acids is 1. The van der Waals surface area contributed by atoms with Crippen LogP contribution in [0.3, 0.4) is 0 Å². The maximum Gasteiger partial charge on any atom is 0.308 e. The summed E-state index contributed by atoms with van der Waals surface area (Å²) in [6, 6.07) is 8.60. The Kier molecular flexibility index (Phi) is 5.51. The van der Waals surface area contributed by atoms with Crippen molar-refractivity contribution < 1.29 is 19.4 Å². The Labute approximate surface area is 112 Å². The highest BCUT2D eigenvalue weighted by atomic mass is 16.5. The van der Waals surface area contributed by atoms with Crippen molar-refractivity contribution in [3.05, 3.63) is 35.9 Å². The number of carbonyl (C=O) groups excluding carboxylic acids is 1. The minimum absolute atomic E-state index is 0.339. The number of amides is 1. The van der Waals surface area contributed by atoms with Gasteiger partial charge in [0, 0.05) is 13.2 Å². The van der Waals surface area contributed by atoms with Crippen LogP contribution in [0, 0.1) is 5.92 Å². The van der Waals surface area contributed by atoms with Gasteiger partial charge < -0.3 is 15.2 Å². The molecule has 1 amide bonds. The van der Waals surface area contributed by atoms with Gasteiger partial charge in [-0.3, -0.25) is 9.59 Å². The fraction of sp³-hybridized carbons (Fsp3) is 0.429. The van der Waals surface area contributed by atoms with Crippen LogP contribution >= 0.6 is 0 Å². The van der Waals surface area contributed by atoms with Gasteiger partial charge in [-0.15, -0.1) is 0 Å². The van der Waals surface area contributed by atoms with Gasteiger partial charge in [-0.2, -0.15) is 0 Å². The van der Waals surface area contributed by atoms with Crippen LogP contribution in [-0.4, -0.2) is 30.1 Å². The van der Waals surface area contributed by atoms with E-state index in [-0.39, 0.29) is 5.91 Å². The molecule has 0 fully saturated rings. The molecule has 104 valence electrons. The van der Waals surface area contributed by atoms with Crippen LogP contribution in [0.4, 0.5) is 0 Å². The van der Waals surface area contributed by atoms with Crippen LogP contribution in [0.25, 0.3) is 0 Å². The van der Waals surface area contributed by atoms with E-state index in [2.05, 4.69) is 5.32 Å². The second-order valence-electron chi connectivity index (χ2n) is 4.45. The first-order chi connectivity index (χ1) is 8.97. The van der Waals surface area contributed by atoms with Gasteiger partial charge in [0.2, 0.25) is 0 Å². The van der Waals surface area contributed by atoms with Crippen molar-refractivity contribution in [2.24, 2.45) is 5.92 Å². The van der Waals surface area contributed by atoms with Gasteiger partial charge in [-0.25, -0.2) is 0 Å². The summed E-state index contributed by atoms with van der Waals surface area (Å²) in [7, 11) is 1.45.